The van der Waals surface area contributed by atoms with Crippen molar-refractivity contribution < 1.29 is 17.6 Å². The summed E-state index contributed by atoms with van der Waals surface area (Å²) in [5.41, 5.74) is 8.16. The van der Waals surface area contributed by atoms with Gasteiger partial charge in [0.25, 0.3) is 0 Å². The predicted molar refractivity (Wildman–Crippen MR) is 81.4 cm³/mol. The fourth-order valence-corrected chi connectivity index (χ4v) is 2.33. The summed E-state index contributed by atoms with van der Waals surface area (Å²) < 4.78 is 43.3. The molecule has 0 aliphatic carbocycles. The maximum Gasteiger partial charge on any atom is 0.416 e. The lowest BCUT2D eigenvalue weighted by Gasteiger charge is -2.10. The number of alkyl halides is 3. The molecule has 1 heterocycles. The van der Waals surface area contributed by atoms with Gasteiger partial charge in [-0.25, -0.2) is 4.98 Å². The molecule has 3 rings (SSSR count). The number of oxazole rings is 1. The molecule has 0 spiro atoms. The number of halogens is 3. The van der Waals surface area contributed by atoms with E-state index in [0.29, 0.717) is 34.9 Å². The van der Waals surface area contributed by atoms with E-state index >= 15 is 0 Å². The second-order valence-electron chi connectivity index (χ2n) is 5.09. The van der Waals surface area contributed by atoms with Crippen LogP contribution in [0.2, 0.25) is 0 Å². The van der Waals surface area contributed by atoms with Gasteiger partial charge in [0.15, 0.2) is 11.5 Å². The van der Waals surface area contributed by atoms with Crippen LogP contribution in [0.1, 0.15) is 17.0 Å². The fraction of sp³-hybridized carbons (Fsp3) is 0.188. The lowest BCUT2D eigenvalue weighted by Crippen LogP contribution is -2.04. The van der Waals surface area contributed by atoms with E-state index in [1.807, 2.05) is 0 Å². The van der Waals surface area contributed by atoms with Crippen molar-refractivity contribution >= 4 is 22.5 Å². The third-order valence-corrected chi connectivity index (χ3v) is 3.44. The zero-order valence-corrected chi connectivity index (χ0v) is 12.2. The molecule has 0 amide bonds. The highest BCUT2D eigenvalue weighted by atomic mass is 19.4. The highest BCUT2D eigenvalue weighted by Gasteiger charge is 2.29. The maximum absolute atomic E-state index is 12.6. The zero-order valence-electron chi connectivity index (χ0n) is 12.2. The second kappa shape index (κ2) is 5.58. The Morgan fingerprint density at radius 2 is 1.83 bits per heavy atom. The molecule has 2 aromatic carbocycles. The molecule has 0 radical (unpaired) electrons. The van der Waals surface area contributed by atoms with E-state index in [9.17, 15) is 13.2 Å². The van der Waals surface area contributed by atoms with Crippen molar-refractivity contribution in [3.63, 3.8) is 0 Å². The van der Waals surface area contributed by atoms with Crippen LogP contribution >= 0.6 is 0 Å². The summed E-state index contributed by atoms with van der Waals surface area (Å²) in [6.45, 7) is 2.04. The molecule has 0 saturated carbocycles. The van der Waals surface area contributed by atoms with Crippen LogP contribution in [0.25, 0.3) is 11.1 Å². The van der Waals surface area contributed by atoms with Gasteiger partial charge in [-0.1, -0.05) is 6.07 Å². The standard InChI is InChI=1S/C16H14F3N3O/c1-9-21-14-13(7-2-10(8-20)15(14)23-9)22-12-5-3-11(4-6-12)16(17,18)19/h2-7,22H,8,20H2,1H3. The van der Waals surface area contributed by atoms with Gasteiger partial charge in [-0.2, -0.15) is 13.2 Å². The lowest BCUT2D eigenvalue weighted by atomic mass is 10.1. The van der Waals surface area contributed by atoms with Crippen molar-refractivity contribution in [1.82, 2.24) is 4.98 Å². The summed E-state index contributed by atoms with van der Waals surface area (Å²) in [5.74, 6) is 0.497. The largest absolute Gasteiger partial charge is 0.441 e. The third-order valence-electron chi connectivity index (χ3n) is 3.44. The molecule has 120 valence electrons. The van der Waals surface area contributed by atoms with Crippen molar-refractivity contribution in [3.8, 4) is 0 Å². The Bertz CT molecular complexity index is 838. The summed E-state index contributed by atoms with van der Waals surface area (Å²) in [6, 6.07) is 8.39. The van der Waals surface area contributed by atoms with Crippen LogP contribution in [0.5, 0.6) is 0 Å². The molecule has 3 N–H and O–H groups in total. The maximum atomic E-state index is 12.6. The van der Waals surface area contributed by atoms with Crippen LogP contribution in [0.15, 0.2) is 40.8 Å². The van der Waals surface area contributed by atoms with Gasteiger partial charge in [-0.15, -0.1) is 0 Å². The lowest BCUT2D eigenvalue weighted by molar-refractivity contribution is -0.137. The number of aryl methyl sites for hydroxylation is 1. The van der Waals surface area contributed by atoms with Crippen LogP contribution < -0.4 is 11.1 Å². The number of aromatic nitrogens is 1. The van der Waals surface area contributed by atoms with E-state index in [1.54, 1.807) is 19.1 Å². The van der Waals surface area contributed by atoms with Gasteiger partial charge in [0.05, 0.1) is 11.3 Å². The summed E-state index contributed by atoms with van der Waals surface area (Å²) in [7, 11) is 0. The monoisotopic (exact) mass is 321 g/mol. The number of benzene rings is 2. The van der Waals surface area contributed by atoms with Gasteiger partial charge >= 0.3 is 6.18 Å². The van der Waals surface area contributed by atoms with E-state index in [1.165, 1.54) is 12.1 Å². The number of fused-ring (bicyclic) bond motifs is 1. The molecule has 1 aromatic heterocycles. The minimum Gasteiger partial charge on any atom is -0.441 e. The van der Waals surface area contributed by atoms with E-state index in [-0.39, 0.29) is 0 Å². The van der Waals surface area contributed by atoms with Crippen molar-refractivity contribution in [1.29, 1.82) is 0 Å². The van der Waals surface area contributed by atoms with E-state index in [0.717, 1.165) is 17.7 Å². The number of hydrogen-bond donors (Lipinski definition) is 2. The fourth-order valence-electron chi connectivity index (χ4n) is 2.33. The first-order chi connectivity index (χ1) is 10.9. The normalized spacial score (nSPS) is 11.9. The average molecular weight is 321 g/mol. The minimum absolute atomic E-state index is 0.311. The Morgan fingerprint density at radius 3 is 2.43 bits per heavy atom. The number of nitrogens with zero attached hydrogens (tertiary/aromatic N) is 1. The van der Waals surface area contributed by atoms with Gasteiger partial charge in [-0.05, 0) is 30.3 Å². The molecule has 4 nitrogen and oxygen atoms in total. The van der Waals surface area contributed by atoms with Crippen molar-refractivity contribution in [2.75, 3.05) is 5.32 Å². The molecule has 0 fully saturated rings. The molecule has 0 unspecified atom stereocenters. The summed E-state index contributed by atoms with van der Waals surface area (Å²) >= 11 is 0. The van der Waals surface area contributed by atoms with Crippen LogP contribution in [-0.4, -0.2) is 4.98 Å². The number of nitrogens with two attached hydrogens (primary N) is 1. The zero-order chi connectivity index (χ0) is 16.6. The van der Waals surface area contributed by atoms with Crippen LogP contribution in [0, 0.1) is 6.92 Å². The van der Waals surface area contributed by atoms with Gasteiger partial charge in [0.1, 0.15) is 5.52 Å². The summed E-state index contributed by atoms with van der Waals surface area (Å²) in [6.07, 6.45) is -4.35. The van der Waals surface area contributed by atoms with Crippen molar-refractivity contribution in [3.05, 3.63) is 53.4 Å². The minimum atomic E-state index is -4.35. The molecule has 7 heteroatoms. The van der Waals surface area contributed by atoms with Crippen molar-refractivity contribution in [2.45, 2.75) is 19.6 Å². The number of rotatable bonds is 3. The number of nitrogens with one attached hydrogen (secondary N) is 1. The second-order valence-corrected chi connectivity index (χ2v) is 5.09. The molecule has 23 heavy (non-hydrogen) atoms. The molecule has 3 aromatic rings. The van der Waals surface area contributed by atoms with Gasteiger partial charge in [0.2, 0.25) is 0 Å². The van der Waals surface area contributed by atoms with Crippen LogP contribution in [0.3, 0.4) is 0 Å². The first-order valence-corrected chi connectivity index (χ1v) is 6.92. The number of hydrogen-bond acceptors (Lipinski definition) is 4. The first kappa shape index (κ1) is 15.4. The number of anilines is 2. The van der Waals surface area contributed by atoms with Gasteiger partial charge < -0.3 is 15.5 Å². The molecule has 0 bridgehead atoms. The highest BCUT2D eigenvalue weighted by molar-refractivity contribution is 5.91. The van der Waals surface area contributed by atoms with Crippen molar-refractivity contribution in [2.24, 2.45) is 5.73 Å². The first-order valence-electron chi connectivity index (χ1n) is 6.92. The predicted octanol–water partition coefficient (Wildman–Crippen LogP) is 4.36. The molecular formula is C16H14F3N3O. The Hall–Kier alpha value is -2.54. The highest BCUT2D eigenvalue weighted by Crippen LogP contribution is 2.32. The Balaban J connectivity index is 1.96. The van der Waals surface area contributed by atoms with E-state index in [2.05, 4.69) is 10.3 Å². The summed E-state index contributed by atoms with van der Waals surface area (Å²) in [4.78, 5) is 4.31. The van der Waals surface area contributed by atoms with E-state index in [4.69, 9.17) is 10.2 Å². The average Bonchev–Trinajstić information content (AvgIpc) is 2.89. The smallest absolute Gasteiger partial charge is 0.416 e. The Morgan fingerprint density at radius 1 is 1.13 bits per heavy atom. The summed E-state index contributed by atoms with van der Waals surface area (Å²) in [5, 5.41) is 3.06. The molecular weight excluding hydrogens is 307 g/mol. The topological polar surface area (TPSA) is 64.1 Å². The molecule has 0 aliphatic heterocycles. The van der Waals surface area contributed by atoms with Crippen LogP contribution in [0.4, 0.5) is 24.5 Å². The Kier molecular flexibility index (Phi) is 3.73. The SMILES string of the molecule is Cc1nc2c(Nc3ccc(C(F)(F)F)cc3)ccc(CN)c2o1. The van der Waals surface area contributed by atoms with E-state index < -0.39 is 11.7 Å². The molecule has 0 saturated heterocycles. The Labute approximate surface area is 130 Å². The van der Waals surface area contributed by atoms with Crippen LogP contribution in [-0.2, 0) is 12.7 Å². The quantitative estimate of drug-likeness (QED) is 0.752. The third kappa shape index (κ3) is 3.00. The molecule has 0 atom stereocenters. The van der Waals surface area contributed by atoms with Gasteiger partial charge in [-0.3, -0.25) is 0 Å². The van der Waals surface area contributed by atoms with Gasteiger partial charge in [0, 0.05) is 24.7 Å². The molecule has 0 aliphatic rings.